The largest absolute Gasteiger partial charge is 0.327 e. The summed E-state index contributed by atoms with van der Waals surface area (Å²) in [5, 5.41) is 15.2. The average Bonchev–Trinajstić information content (AvgIpc) is 3.70. The standard InChI is InChI=1S/C63H42N2/c1-39-13-10-16-41-29-30-43-18-12-24-55(62(43)58(39)41)54-23-11-17-42-31-32-47-37-46(33-35-49(47)59(42)54)40-25-27-44(28-26-40)60-50-19-6-8-21-52(50)61(53-22-9-7-20-51(53)60)48-34-36-57-56(38-48)64-63(65(57)2)45-14-4-3-5-15-45/h3-38H,1-2H3. The van der Waals surface area contributed by atoms with Crippen LogP contribution < -0.4 is 0 Å². The Morgan fingerprint density at radius 1 is 0.338 bits per heavy atom. The van der Waals surface area contributed by atoms with Gasteiger partial charge in [0.25, 0.3) is 0 Å². The third kappa shape index (κ3) is 5.84. The average molecular weight is 827 g/mol. The predicted octanol–water partition coefficient (Wildman–Crippen LogP) is 17.1. The highest BCUT2D eigenvalue weighted by Crippen LogP contribution is 2.46. The summed E-state index contributed by atoms with van der Waals surface area (Å²) < 4.78 is 2.20. The van der Waals surface area contributed by atoms with E-state index in [1.807, 2.05) is 6.07 Å². The maximum Gasteiger partial charge on any atom is 0.140 e. The van der Waals surface area contributed by atoms with Crippen LogP contribution >= 0.6 is 0 Å². The number of benzene rings is 12. The van der Waals surface area contributed by atoms with Crippen molar-refractivity contribution in [3.8, 4) is 55.9 Å². The first-order valence-corrected chi connectivity index (χ1v) is 22.5. The van der Waals surface area contributed by atoms with E-state index in [9.17, 15) is 0 Å². The van der Waals surface area contributed by atoms with Crippen molar-refractivity contribution in [1.82, 2.24) is 9.55 Å². The van der Waals surface area contributed by atoms with E-state index in [-0.39, 0.29) is 0 Å². The number of aryl methyl sites for hydroxylation is 2. The Morgan fingerprint density at radius 2 is 0.862 bits per heavy atom. The molecular formula is C63H42N2. The van der Waals surface area contributed by atoms with Crippen molar-refractivity contribution in [1.29, 1.82) is 0 Å². The lowest BCUT2D eigenvalue weighted by molar-refractivity contribution is 0.959. The molecule has 0 N–H and O–H groups in total. The number of hydrogen-bond acceptors (Lipinski definition) is 1. The molecule has 0 radical (unpaired) electrons. The fraction of sp³-hybridized carbons (Fsp3) is 0.0317. The van der Waals surface area contributed by atoms with E-state index in [2.05, 4.69) is 231 Å². The maximum absolute atomic E-state index is 5.16. The van der Waals surface area contributed by atoms with Gasteiger partial charge in [-0.3, -0.25) is 0 Å². The molecule has 12 aromatic carbocycles. The zero-order valence-corrected chi connectivity index (χ0v) is 36.2. The van der Waals surface area contributed by atoms with Gasteiger partial charge in [-0.15, -0.1) is 0 Å². The first-order valence-electron chi connectivity index (χ1n) is 22.5. The Kier molecular flexibility index (Phi) is 8.38. The van der Waals surface area contributed by atoms with E-state index < -0.39 is 0 Å². The van der Waals surface area contributed by atoms with Crippen LogP contribution in [0.1, 0.15) is 5.56 Å². The summed E-state index contributed by atoms with van der Waals surface area (Å²) in [6.45, 7) is 2.23. The van der Waals surface area contributed by atoms with E-state index in [0.717, 1.165) is 22.4 Å². The van der Waals surface area contributed by atoms with Crippen molar-refractivity contribution in [3.05, 3.63) is 224 Å². The molecule has 2 nitrogen and oxygen atoms in total. The molecule has 304 valence electrons. The minimum Gasteiger partial charge on any atom is -0.327 e. The second-order valence-electron chi connectivity index (χ2n) is 17.5. The molecule has 2 heteroatoms. The minimum atomic E-state index is 0.971. The van der Waals surface area contributed by atoms with Crippen LogP contribution in [-0.2, 0) is 7.05 Å². The molecule has 0 aliphatic rings. The van der Waals surface area contributed by atoms with Gasteiger partial charge in [-0.25, -0.2) is 4.98 Å². The van der Waals surface area contributed by atoms with Gasteiger partial charge in [-0.2, -0.15) is 0 Å². The molecule has 0 saturated carbocycles. The highest BCUT2D eigenvalue weighted by atomic mass is 15.1. The minimum absolute atomic E-state index is 0.971. The number of rotatable bonds is 5. The van der Waals surface area contributed by atoms with Gasteiger partial charge in [0.05, 0.1) is 11.0 Å². The zero-order chi connectivity index (χ0) is 43.2. The van der Waals surface area contributed by atoms with Gasteiger partial charge in [-0.1, -0.05) is 200 Å². The summed E-state index contributed by atoms with van der Waals surface area (Å²) in [6, 6.07) is 80.5. The Hall–Kier alpha value is -8.33. The SMILES string of the molecule is Cc1cccc2ccc3cccc(-c4cccc5ccc6cc(-c7ccc(-c8c9ccccc9c(-c9ccc%10c(c9)nc(-c9ccccc9)n%10C)c9ccccc89)cc7)ccc6c45)c3c12. The van der Waals surface area contributed by atoms with Crippen LogP contribution in [0.4, 0.5) is 0 Å². The van der Waals surface area contributed by atoms with Gasteiger partial charge in [0.15, 0.2) is 0 Å². The molecule has 0 aliphatic carbocycles. The van der Waals surface area contributed by atoms with Crippen molar-refractivity contribution in [2.24, 2.45) is 7.05 Å². The molecule has 0 amide bonds. The predicted molar refractivity (Wildman–Crippen MR) is 278 cm³/mol. The van der Waals surface area contributed by atoms with Gasteiger partial charge >= 0.3 is 0 Å². The molecule has 0 bridgehead atoms. The van der Waals surface area contributed by atoms with Crippen LogP contribution in [0, 0.1) is 6.92 Å². The number of aromatic nitrogens is 2. The van der Waals surface area contributed by atoms with Crippen LogP contribution in [0.15, 0.2) is 218 Å². The second kappa shape index (κ2) is 14.6. The van der Waals surface area contributed by atoms with Crippen LogP contribution in [0.5, 0.6) is 0 Å². The van der Waals surface area contributed by atoms with Crippen LogP contribution in [0.3, 0.4) is 0 Å². The number of hydrogen-bond donors (Lipinski definition) is 0. The summed E-state index contributed by atoms with van der Waals surface area (Å²) in [7, 11) is 2.11. The lowest BCUT2D eigenvalue weighted by Gasteiger charge is -2.18. The third-order valence-electron chi connectivity index (χ3n) is 13.9. The fourth-order valence-electron chi connectivity index (χ4n) is 10.9. The molecule has 13 rings (SSSR count). The van der Waals surface area contributed by atoms with Crippen molar-refractivity contribution >= 4 is 75.7 Å². The van der Waals surface area contributed by atoms with E-state index in [1.54, 1.807) is 0 Å². The highest BCUT2D eigenvalue weighted by molar-refractivity contribution is 6.23. The monoisotopic (exact) mass is 826 g/mol. The molecule has 0 unspecified atom stereocenters. The smallest absolute Gasteiger partial charge is 0.140 e. The number of imidazole rings is 1. The molecule has 0 aliphatic heterocycles. The fourth-order valence-corrected chi connectivity index (χ4v) is 10.9. The Balaban J connectivity index is 0.915. The summed E-state index contributed by atoms with van der Waals surface area (Å²) in [5.41, 5.74) is 14.3. The summed E-state index contributed by atoms with van der Waals surface area (Å²) >= 11 is 0. The zero-order valence-electron chi connectivity index (χ0n) is 36.2. The first-order chi connectivity index (χ1) is 32.1. The number of fused-ring (bicyclic) bond motifs is 9. The lowest BCUT2D eigenvalue weighted by atomic mass is 9.85. The topological polar surface area (TPSA) is 17.8 Å². The third-order valence-corrected chi connectivity index (χ3v) is 13.9. The number of nitrogens with zero attached hydrogens (tertiary/aromatic N) is 2. The van der Waals surface area contributed by atoms with Crippen molar-refractivity contribution in [3.63, 3.8) is 0 Å². The van der Waals surface area contributed by atoms with E-state index in [1.165, 1.54) is 115 Å². The lowest BCUT2D eigenvalue weighted by Crippen LogP contribution is -1.92. The van der Waals surface area contributed by atoms with E-state index in [4.69, 9.17) is 4.98 Å². The summed E-state index contributed by atoms with van der Waals surface area (Å²) in [6.07, 6.45) is 0. The van der Waals surface area contributed by atoms with E-state index >= 15 is 0 Å². The molecule has 0 spiro atoms. The van der Waals surface area contributed by atoms with Crippen LogP contribution in [-0.4, -0.2) is 9.55 Å². The first kappa shape index (κ1) is 37.2. The molecule has 1 heterocycles. The van der Waals surface area contributed by atoms with Gasteiger partial charge < -0.3 is 4.57 Å². The van der Waals surface area contributed by atoms with Gasteiger partial charge in [0.1, 0.15) is 5.82 Å². The normalized spacial score (nSPS) is 11.8. The second-order valence-corrected chi connectivity index (χ2v) is 17.5. The summed E-state index contributed by atoms with van der Waals surface area (Å²) in [4.78, 5) is 5.16. The molecule has 0 fully saturated rings. The van der Waals surface area contributed by atoms with Gasteiger partial charge in [-0.05, 0) is 140 Å². The molecule has 0 atom stereocenters. The Morgan fingerprint density at radius 3 is 1.54 bits per heavy atom. The van der Waals surface area contributed by atoms with Gasteiger partial charge in [0.2, 0.25) is 0 Å². The molecule has 1 aromatic heterocycles. The summed E-state index contributed by atoms with van der Waals surface area (Å²) in [5.74, 6) is 0.971. The van der Waals surface area contributed by atoms with Crippen molar-refractivity contribution in [2.45, 2.75) is 6.92 Å². The van der Waals surface area contributed by atoms with Crippen LogP contribution in [0.2, 0.25) is 0 Å². The quantitative estimate of drug-likeness (QED) is 0.125. The van der Waals surface area contributed by atoms with Gasteiger partial charge in [0, 0.05) is 12.6 Å². The molecule has 65 heavy (non-hydrogen) atoms. The maximum atomic E-state index is 5.16. The Labute approximate surface area is 377 Å². The molecular weight excluding hydrogens is 785 g/mol. The molecule has 13 aromatic rings. The van der Waals surface area contributed by atoms with Crippen molar-refractivity contribution < 1.29 is 0 Å². The van der Waals surface area contributed by atoms with E-state index in [0.29, 0.717) is 0 Å². The molecule has 0 saturated heterocycles. The van der Waals surface area contributed by atoms with Crippen LogP contribution in [0.25, 0.3) is 132 Å². The Bertz CT molecular complexity index is 4010. The van der Waals surface area contributed by atoms with Crippen molar-refractivity contribution in [2.75, 3.05) is 0 Å². The highest BCUT2D eigenvalue weighted by Gasteiger charge is 2.19.